The van der Waals surface area contributed by atoms with E-state index in [0.29, 0.717) is 0 Å². The fourth-order valence-electron chi connectivity index (χ4n) is 4.02. The number of rotatable bonds is 4. The van der Waals surface area contributed by atoms with Crippen LogP contribution >= 0.6 is 0 Å². The summed E-state index contributed by atoms with van der Waals surface area (Å²) < 4.78 is 1.98. The van der Waals surface area contributed by atoms with E-state index >= 15 is 0 Å². The first-order chi connectivity index (χ1) is 16.2. The van der Waals surface area contributed by atoms with Gasteiger partial charge in [-0.1, -0.05) is 109 Å². The number of para-hydroxylation sites is 1. The smallest absolute Gasteiger partial charge is 0.161 e. The maximum Gasteiger partial charge on any atom is 0.161 e. The molecule has 0 atom stereocenters. The van der Waals surface area contributed by atoms with Crippen LogP contribution in [-0.2, 0) is 0 Å². The van der Waals surface area contributed by atoms with Crippen LogP contribution in [0.5, 0.6) is 0 Å². The van der Waals surface area contributed by atoms with Gasteiger partial charge in [0.15, 0.2) is 5.84 Å². The van der Waals surface area contributed by atoms with Gasteiger partial charge in [0.25, 0.3) is 0 Å². The van der Waals surface area contributed by atoms with Crippen molar-refractivity contribution >= 4 is 11.5 Å². The number of aromatic nitrogens is 2. The molecule has 0 fully saturated rings. The number of nitrogens with zero attached hydrogens (tertiary/aromatic N) is 3. The maximum atomic E-state index is 5.21. The predicted molar refractivity (Wildman–Crippen MR) is 137 cm³/mol. The number of hydrogen-bond acceptors (Lipinski definition) is 2. The summed E-state index contributed by atoms with van der Waals surface area (Å²) in [4.78, 5) is 5.21. The van der Waals surface area contributed by atoms with E-state index in [9.17, 15) is 0 Å². The van der Waals surface area contributed by atoms with Gasteiger partial charge in [0, 0.05) is 16.7 Å². The molecule has 0 amide bonds. The van der Waals surface area contributed by atoms with E-state index in [0.717, 1.165) is 50.7 Å². The van der Waals surface area contributed by atoms with Crippen molar-refractivity contribution < 1.29 is 0 Å². The Bertz CT molecular complexity index is 1380. The molecule has 0 spiro atoms. The Morgan fingerprint density at radius 1 is 0.636 bits per heavy atom. The average molecular weight is 428 g/mol. The van der Waals surface area contributed by atoms with Crippen LogP contribution in [-0.4, -0.2) is 15.6 Å². The van der Waals surface area contributed by atoms with Gasteiger partial charge in [0.1, 0.15) is 0 Å². The standard InChI is InChI=1S/C30H25N3/c1-22-13-12-14-23(2)29(22)31-30(26-19-10-5-11-20-26)33-28(25-17-8-4-9-18-25)21-27(32-33)24-15-6-3-7-16-24/h3-21H,1-2H3. The summed E-state index contributed by atoms with van der Waals surface area (Å²) in [5.74, 6) is 0.800. The minimum atomic E-state index is 0.800. The van der Waals surface area contributed by atoms with Crippen molar-refractivity contribution in [2.45, 2.75) is 13.8 Å². The van der Waals surface area contributed by atoms with E-state index in [-0.39, 0.29) is 0 Å². The first kappa shape index (κ1) is 20.7. The minimum Gasteiger partial charge on any atom is -0.228 e. The Morgan fingerprint density at radius 2 is 1.18 bits per heavy atom. The van der Waals surface area contributed by atoms with Gasteiger partial charge in [-0.3, -0.25) is 0 Å². The summed E-state index contributed by atoms with van der Waals surface area (Å²) in [5.41, 5.74) is 8.36. The monoisotopic (exact) mass is 427 g/mol. The van der Waals surface area contributed by atoms with E-state index in [2.05, 4.69) is 86.6 Å². The van der Waals surface area contributed by atoms with Gasteiger partial charge in [-0.15, -0.1) is 0 Å². The van der Waals surface area contributed by atoms with Crippen LogP contribution in [0.1, 0.15) is 16.7 Å². The molecule has 0 N–H and O–H groups in total. The summed E-state index contributed by atoms with van der Waals surface area (Å²) in [6.07, 6.45) is 0. The quantitative estimate of drug-likeness (QED) is 0.216. The molecular formula is C30H25N3. The van der Waals surface area contributed by atoms with Crippen molar-refractivity contribution in [3.05, 3.63) is 132 Å². The molecule has 5 rings (SSSR count). The normalized spacial score (nSPS) is 11.5. The Labute approximate surface area is 194 Å². The van der Waals surface area contributed by atoms with E-state index in [1.54, 1.807) is 0 Å². The van der Waals surface area contributed by atoms with E-state index in [1.165, 1.54) is 0 Å². The molecule has 0 radical (unpaired) electrons. The summed E-state index contributed by atoms with van der Waals surface area (Å²) in [5, 5.41) is 5.07. The molecule has 0 aliphatic carbocycles. The highest BCUT2D eigenvalue weighted by Gasteiger charge is 2.18. The highest BCUT2D eigenvalue weighted by atomic mass is 15.3. The second-order valence-corrected chi connectivity index (χ2v) is 8.10. The van der Waals surface area contributed by atoms with Gasteiger partial charge in [-0.2, -0.15) is 5.10 Å². The van der Waals surface area contributed by atoms with E-state index < -0.39 is 0 Å². The fraction of sp³-hybridized carbons (Fsp3) is 0.0667. The Morgan fingerprint density at radius 3 is 1.79 bits per heavy atom. The molecule has 0 aliphatic rings. The molecule has 0 unspecified atom stereocenters. The van der Waals surface area contributed by atoms with Crippen molar-refractivity contribution in [2.75, 3.05) is 0 Å². The SMILES string of the molecule is Cc1cccc(C)c1N=C(c1ccccc1)n1nc(-c2ccccc2)cc1-c1ccccc1. The Kier molecular flexibility index (Phi) is 5.69. The van der Waals surface area contributed by atoms with Crippen LogP contribution in [0.2, 0.25) is 0 Å². The summed E-state index contributed by atoms with van der Waals surface area (Å²) in [6, 6.07) is 39.4. The van der Waals surface area contributed by atoms with Crippen LogP contribution in [0.25, 0.3) is 22.5 Å². The average Bonchev–Trinajstić information content (AvgIpc) is 3.31. The van der Waals surface area contributed by atoms with Crippen molar-refractivity contribution in [2.24, 2.45) is 4.99 Å². The molecule has 3 heteroatoms. The summed E-state index contributed by atoms with van der Waals surface area (Å²) in [7, 11) is 0. The lowest BCUT2D eigenvalue weighted by atomic mass is 10.1. The second kappa shape index (κ2) is 9.09. The van der Waals surface area contributed by atoms with Crippen molar-refractivity contribution in [3.63, 3.8) is 0 Å². The molecule has 0 aliphatic heterocycles. The highest BCUT2D eigenvalue weighted by Crippen LogP contribution is 2.29. The minimum absolute atomic E-state index is 0.800. The van der Waals surface area contributed by atoms with Gasteiger partial charge in [0.05, 0.1) is 17.1 Å². The number of benzene rings is 4. The summed E-state index contributed by atoms with van der Waals surface area (Å²) in [6.45, 7) is 4.20. The highest BCUT2D eigenvalue weighted by molar-refractivity contribution is 6.04. The molecule has 4 aromatic carbocycles. The van der Waals surface area contributed by atoms with Crippen molar-refractivity contribution in [1.82, 2.24) is 9.78 Å². The third-order valence-corrected chi connectivity index (χ3v) is 5.74. The number of hydrogen-bond donors (Lipinski definition) is 0. The zero-order chi connectivity index (χ0) is 22.6. The van der Waals surface area contributed by atoms with Crippen LogP contribution in [0.3, 0.4) is 0 Å². The zero-order valence-corrected chi connectivity index (χ0v) is 18.8. The first-order valence-corrected chi connectivity index (χ1v) is 11.1. The molecule has 1 aromatic heterocycles. The topological polar surface area (TPSA) is 30.2 Å². The Balaban J connectivity index is 1.79. The van der Waals surface area contributed by atoms with Crippen molar-refractivity contribution in [1.29, 1.82) is 0 Å². The van der Waals surface area contributed by atoms with E-state index in [1.807, 2.05) is 47.1 Å². The summed E-state index contributed by atoms with van der Waals surface area (Å²) >= 11 is 0. The largest absolute Gasteiger partial charge is 0.228 e. The molecule has 160 valence electrons. The van der Waals surface area contributed by atoms with Crippen LogP contribution in [0, 0.1) is 13.8 Å². The van der Waals surface area contributed by atoms with Gasteiger partial charge < -0.3 is 0 Å². The molecular weight excluding hydrogens is 402 g/mol. The fourth-order valence-corrected chi connectivity index (χ4v) is 4.02. The van der Waals surface area contributed by atoms with Gasteiger partial charge in [0.2, 0.25) is 0 Å². The zero-order valence-electron chi connectivity index (χ0n) is 18.8. The van der Waals surface area contributed by atoms with Gasteiger partial charge in [-0.25, -0.2) is 9.67 Å². The molecule has 0 bridgehead atoms. The first-order valence-electron chi connectivity index (χ1n) is 11.1. The van der Waals surface area contributed by atoms with Crippen molar-refractivity contribution in [3.8, 4) is 22.5 Å². The molecule has 5 aromatic rings. The van der Waals surface area contributed by atoms with Crippen LogP contribution in [0.4, 0.5) is 5.69 Å². The molecule has 0 saturated carbocycles. The molecule has 0 saturated heterocycles. The third-order valence-electron chi connectivity index (χ3n) is 5.74. The van der Waals surface area contributed by atoms with Gasteiger partial charge in [-0.05, 0) is 31.0 Å². The lowest BCUT2D eigenvalue weighted by Crippen LogP contribution is -2.16. The lowest BCUT2D eigenvalue weighted by Gasteiger charge is -2.13. The molecule has 1 heterocycles. The van der Waals surface area contributed by atoms with Gasteiger partial charge >= 0.3 is 0 Å². The van der Waals surface area contributed by atoms with Crippen LogP contribution in [0.15, 0.2) is 120 Å². The lowest BCUT2D eigenvalue weighted by molar-refractivity contribution is 0.943. The number of aryl methyl sites for hydroxylation is 2. The maximum absolute atomic E-state index is 5.21. The van der Waals surface area contributed by atoms with Crippen LogP contribution < -0.4 is 0 Å². The molecule has 33 heavy (non-hydrogen) atoms. The Hall–Kier alpha value is -4.24. The molecule has 3 nitrogen and oxygen atoms in total. The number of aliphatic imine (C=N–C) groups is 1. The second-order valence-electron chi connectivity index (χ2n) is 8.10. The third kappa shape index (κ3) is 4.26. The predicted octanol–water partition coefficient (Wildman–Crippen LogP) is 7.46. The van der Waals surface area contributed by atoms with E-state index in [4.69, 9.17) is 10.1 Å².